The van der Waals surface area contributed by atoms with E-state index < -0.39 is 6.10 Å². The molecule has 2 N–H and O–H groups in total. The maximum atomic E-state index is 12.7. The van der Waals surface area contributed by atoms with Gasteiger partial charge in [-0.15, -0.1) is 0 Å². The normalized spacial score (nSPS) is 13.2. The van der Waals surface area contributed by atoms with Crippen LogP contribution in [0, 0.1) is 0 Å². The van der Waals surface area contributed by atoms with Crippen LogP contribution < -0.4 is 10.3 Å². The summed E-state index contributed by atoms with van der Waals surface area (Å²) in [5.41, 5.74) is 2.55. The third kappa shape index (κ3) is 4.89. The Morgan fingerprint density at radius 1 is 1.09 bits per heavy atom. The number of benzene rings is 2. The Bertz CT molecular complexity index is 1210. The van der Waals surface area contributed by atoms with E-state index in [0.29, 0.717) is 23.3 Å². The molecule has 2 aromatic carbocycles. The molecule has 4 aromatic rings. The van der Waals surface area contributed by atoms with Crippen molar-refractivity contribution in [2.75, 3.05) is 7.11 Å². The number of aliphatic hydroxyl groups is 1. The number of aromatic amines is 1. The zero-order valence-corrected chi connectivity index (χ0v) is 18.4. The first-order valence-corrected chi connectivity index (χ1v) is 10.9. The van der Waals surface area contributed by atoms with Crippen LogP contribution in [-0.4, -0.2) is 38.1 Å². The van der Waals surface area contributed by atoms with Gasteiger partial charge >= 0.3 is 0 Å². The number of nitrogens with one attached hydrogen (secondary N) is 1. The van der Waals surface area contributed by atoms with Gasteiger partial charge in [0, 0.05) is 6.42 Å². The van der Waals surface area contributed by atoms with Crippen LogP contribution in [0.15, 0.2) is 65.6 Å². The molecular weight excluding hydrogens is 404 g/mol. The van der Waals surface area contributed by atoms with Crippen LogP contribution in [0.5, 0.6) is 5.75 Å². The average molecular weight is 433 g/mol. The monoisotopic (exact) mass is 432 g/mol. The highest BCUT2D eigenvalue weighted by Crippen LogP contribution is 2.23. The molecule has 0 aliphatic carbocycles. The number of aryl methyl sites for hydroxylation is 1. The van der Waals surface area contributed by atoms with Gasteiger partial charge in [-0.1, -0.05) is 42.5 Å². The highest BCUT2D eigenvalue weighted by molar-refractivity contribution is 5.73. The largest absolute Gasteiger partial charge is 0.497 e. The number of hydrogen-bond acceptors (Lipinski definition) is 5. The molecule has 0 saturated heterocycles. The summed E-state index contributed by atoms with van der Waals surface area (Å²) in [5, 5.41) is 15.3. The van der Waals surface area contributed by atoms with E-state index in [0.717, 1.165) is 30.6 Å². The van der Waals surface area contributed by atoms with E-state index in [1.165, 1.54) is 11.8 Å². The van der Waals surface area contributed by atoms with E-state index in [-0.39, 0.29) is 11.6 Å². The van der Waals surface area contributed by atoms with Gasteiger partial charge in [-0.05, 0) is 49.4 Å². The minimum absolute atomic E-state index is 0.224. The van der Waals surface area contributed by atoms with Gasteiger partial charge in [-0.25, -0.2) is 9.67 Å². The summed E-state index contributed by atoms with van der Waals surface area (Å²) in [6, 6.07) is 17.7. The van der Waals surface area contributed by atoms with Crippen molar-refractivity contribution in [1.82, 2.24) is 19.7 Å². The second-order valence-electron chi connectivity index (χ2n) is 8.05. The number of ether oxygens (including phenoxy) is 1. The zero-order valence-electron chi connectivity index (χ0n) is 18.4. The molecule has 0 amide bonds. The van der Waals surface area contributed by atoms with Gasteiger partial charge in [0.05, 0.1) is 25.5 Å². The van der Waals surface area contributed by atoms with Crippen LogP contribution in [0.2, 0.25) is 0 Å². The number of aliphatic hydroxyl groups excluding tert-OH is 1. The van der Waals surface area contributed by atoms with E-state index in [2.05, 4.69) is 22.2 Å². The summed E-state index contributed by atoms with van der Waals surface area (Å²) in [6.07, 6.45) is 3.92. The lowest BCUT2D eigenvalue weighted by molar-refractivity contribution is 0.118. The molecule has 2 heterocycles. The van der Waals surface area contributed by atoms with Crippen molar-refractivity contribution in [3.05, 3.63) is 88.1 Å². The van der Waals surface area contributed by atoms with Crippen molar-refractivity contribution in [2.24, 2.45) is 0 Å². The van der Waals surface area contributed by atoms with Crippen LogP contribution >= 0.6 is 0 Å². The van der Waals surface area contributed by atoms with Crippen LogP contribution in [0.4, 0.5) is 0 Å². The van der Waals surface area contributed by atoms with E-state index in [1.54, 1.807) is 18.7 Å². The van der Waals surface area contributed by atoms with E-state index >= 15 is 0 Å². The van der Waals surface area contributed by atoms with Crippen molar-refractivity contribution in [3.8, 4) is 5.75 Å². The predicted octanol–water partition coefficient (Wildman–Crippen LogP) is 3.66. The molecule has 2 unspecified atom stereocenters. The van der Waals surface area contributed by atoms with Crippen LogP contribution in [0.1, 0.15) is 42.8 Å². The highest BCUT2D eigenvalue weighted by atomic mass is 16.5. The summed E-state index contributed by atoms with van der Waals surface area (Å²) in [6.45, 7) is 1.76. The number of hydrogen-bond donors (Lipinski definition) is 2. The summed E-state index contributed by atoms with van der Waals surface area (Å²) in [4.78, 5) is 20.2. The molecule has 0 aliphatic heterocycles. The average Bonchev–Trinajstić information content (AvgIpc) is 3.22. The van der Waals surface area contributed by atoms with Crippen LogP contribution in [0.3, 0.4) is 0 Å². The number of fused-ring (bicyclic) bond motifs is 1. The molecule has 0 bridgehead atoms. The minimum Gasteiger partial charge on any atom is -0.497 e. The van der Waals surface area contributed by atoms with E-state index in [4.69, 9.17) is 9.72 Å². The van der Waals surface area contributed by atoms with Gasteiger partial charge in [0.1, 0.15) is 17.0 Å². The Morgan fingerprint density at radius 2 is 1.84 bits per heavy atom. The topological polar surface area (TPSA) is 93.0 Å². The van der Waals surface area contributed by atoms with E-state index in [1.807, 2.05) is 42.5 Å². The van der Waals surface area contributed by atoms with Gasteiger partial charge < -0.3 is 14.8 Å². The summed E-state index contributed by atoms with van der Waals surface area (Å²) >= 11 is 0. The molecule has 0 saturated carbocycles. The molecule has 2 aromatic heterocycles. The SMILES string of the molecule is COc1ccc(Cc2nc3c(cnn3C(CCCc3ccccc3)C(C)O)c(=O)[nH]2)cc1. The van der Waals surface area contributed by atoms with Crippen molar-refractivity contribution < 1.29 is 9.84 Å². The second-order valence-corrected chi connectivity index (χ2v) is 8.05. The molecule has 32 heavy (non-hydrogen) atoms. The Labute approximate surface area is 186 Å². The molecule has 166 valence electrons. The number of nitrogens with zero attached hydrogens (tertiary/aromatic N) is 3. The maximum Gasteiger partial charge on any atom is 0.262 e. The second kappa shape index (κ2) is 9.78. The van der Waals surface area contributed by atoms with Gasteiger partial charge in [-0.3, -0.25) is 4.79 Å². The third-order valence-corrected chi connectivity index (χ3v) is 5.72. The van der Waals surface area contributed by atoms with Gasteiger partial charge in [0.15, 0.2) is 5.65 Å². The fourth-order valence-electron chi connectivity index (χ4n) is 3.97. The molecule has 4 rings (SSSR count). The highest BCUT2D eigenvalue weighted by Gasteiger charge is 2.22. The first-order valence-electron chi connectivity index (χ1n) is 10.9. The van der Waals surface area contributed by atoms with Crippen molar-refractivity contribution in [3.63, 3.8) is 0 Å². The molecular formula is C25H28N4O3. The van der Waals surface area contributed by atoms with Crippen LogP contribution in [0.25, 0.3) is 11.0 Å². The first kappa shape index (κ1) is 21.8. The van der Waals surface area contributed by atoms with E-state index in [9.17, 15) is 9.90 Å². The quantitative estimate of drug-likeness (QED) is 0.421. The summed E-state index contributed by atoms with van der Waals surface area (Å²) in [5.74, 6) is 1.34. The minimum atomic E-state index is -0.625. The van der Waals surface area contributed by atoms with Crippen LogP contribution in [-0.2, 0) is 12.8 Å². The van der Waals surface area contributed by atoms with Gasteiger partial charge in [0.25, 0.3) is 5.56 Å². The fraction of sp³-hybridized carbons (Fsp3) is 0.320. The van der Waals surface area contributed by atoms with Crippen molar-refractivity contribution in [1.29, 1.82) is 0 Å². The lowest BCUT2D eigenvalue weighted by Gasteiger charge is -2.21. The predicted molar refractivity (Wildman–Crippen MR) is 124 cm³/mol. The fourth-order valence-corrected chi connectivity index (χ4v) is 3.97. The Morgan fingerprint density at radius 3 is 2.53 bits per heavy atom. The van der Waals surface area contributed by atoms with Gasteiger partial charge in [0.2, 0.25) is 0 Å². The van der Waals surface area contributed by atoms with Crippen molar-refractivity contribution in [2.45, 2.75) is 44.8 Å². The molecule has 7 nitrogen and oxygen atoms in total. The Hall–Kier alpha value is -3.45. The first-order chi connectivity index (χ1) is 15.5. The molecule has 0 radical (unpaired) electrons. The number of H-pyrrole nitrogens is 1. The molecule has 0 spiro atoms. The molecule has 0 aliphatic rings. The summed E-state index contributed by atoms with van der Waals surface area (Å²) < 4.78 is 6.91. The third-order valence-electron chi connectivity index (χ3n) is 5.72. The lowest BCUT2D eigenvalue weighted by atomic mass is 10.0. The molecule has 0 fully saturated rings. The number of methoxy groups -OCH3 is 1. The van der Waals surface area contributed by atoms with Crippen molar-refractivity contribution >= 4 is 11.0 Å². The number of rotatable bonds is 9. The molecule has 2 atom stereocenters. The smallest absolute Gasteiger partial charge is 0.262 e. The lowest BCUT2D eigenvalue weighted by Crippen LogP contribution is -2.24. The Kier molecular flexibility index (Phi) is 6.66. The standard InChI is InChI=1S/C25H28N4O3/c1-17(30)22(10-6-9-18-7-4-3-5-8-18)29-24-21(16-26-29)25(31)28-23(27-24)15-19-11-13-20(32-2)14-12-19/h3-5,7-8,11-14,16-17,22,30H,6,9-10,15H2,1-2H3,(H,27,28,31). The molecule has 7 heteroatoms. The maximum absolute atomic E-state index is 12.7. The number of aromatic nitrogens is 4. The van der Waals surface area contributed by atoms with Gasteiger partial charge in [-0.2, -0.15) is 5.10 Å². The Balaban J connectivity index is 1.58. The summed E-state index contributed by atoms with van der Waals surface area (Å²) in [7, 11) is 1.63. The zero-order chi connectivity index (χ0) is 22.5.